The van der Waals surface area contributed by atoms with E-state index in [1.165, 1.54) is 6.07 Å². The fourth-order valence-electron chi connectivity index (χ4n) is 5.15. The third-order valence-corrected chi connectivity index (χ3v) is 6.71. The van der Waals surface area contributed by atoms with Gasteiger partial charge in [-0.1, -0.05) is 23.7 Å². The average molecular weight is 440 g/mol. The Bertz CT molecular complexity index is 1160. The quantitative estimate of drug-likeness (QED) is 0.572. The Kier molecular flexibility index (Phi) is 4.07. The van der Waals surface area contributed by atoms with E-state index in [9.17, 15) is 14.7 Å². The second kappa shape index (κ2) is 6.73. The second-order valence-electron chi connectivity index (χ2n) is 8.12. The molecule has 0 unspecified atom stereocenters. The fraction of sp³-hybridized carbons (Fsp3) is 0.304. The van der Waals surface area contributed by atoms with E-state index in [-0.39, 0.29) is 18.7 Å². The number of nitrogens with zero attached hydrogens (tertiary/aromatic N) is 1. The maximum atomic E-state index is 13.2. The van der Waals surface area contributed by atoms with Crippen molar-refractivity contribution in [2.45, 2.75) is 30.6 Å². The van der Waals surface area contributed by atoms with Gasteiger partial charge in [0.05, 0.1) is 11.6 Å². The number of fused-ring (bicyclic) bond motifs is 3. The molecule has 3 aliphatic heterocycles. The van der Waals surface area contributed by atoms with Crippen LogP contribution >= 0.6 is 11.6 Å². The van der Waals surface area contributed by atoms with Crippen LogP contribution in [0.3, 0.4) is 0 Å². The van der Waals surface area contributed by atoms with E-state index in [0.717, 1.165) is 5.57 Å². The van der Waals surface area contributed by atoms with Gasteiger partial charge in [0, 0.05) is 23.0 Å². The molecule has 0 spiro atoms. The minimum atomic E-state index is -0.995. The molecular formula is C23H18ClNO6. The van der Waals surface area contributed by atoms with Crippen molar-refractivity contribution in [1.82, 2.24) is 4.90 Å². The monoisotopic (exact) mass is 439 g/mol. The first-order valence-electron chi connectivity index (χ1n) is 10.1. The molecule has 1 amide bonds. The molecule has 1 fully saturated rings. The molecule has 8 heteroatoms. The van der Waals surface area contributed by atoms with Crippen molar-refractivity contribution in [1.29, 1.82) is 0 Å². The Labute approximate surface area is 182 Å². The third kappa shape index (κ3) is 2.77. The number of aliphatic hydroxyl groups excluding tert-OH is 1. The van der Waals surface area contributed by atoms with E-state index in [1.54, 1.807) is 41.3 Å². The predicted molar refractivity (Wildman–Crippen MR) is 109 cm³/mol. The van der Waals surface area contributed by atoms with Gasteiger partial charge in [-0.3, -0.25) is 4.79 Å². The van der Waals surface area contributed by atoms with Gasteiger partial charge >= 0.3 is 5.97 Å². The molecule has 31 heavy (non-hydrogen) atoms. The molecule has 4 atom stereocenters. The molecule has 4 aliphatic rings. The lowest BCUT2D eigenvalue weighted by Crippen LogP contribution is -2.53. The first-order chi connectivity index (χ1) is 15.0. The molecule has 2 aromatic carbocycles. The van der Waals surface area contributed by atoms with Crippen LogP contribution < -0.4 is 9.47 Å². The maximum Gasteiger partial charge on any atom is 0.338 e. The Morgan fingerprint density at radius 1 is 1.19 bits per heavy atom. The van der Waals surface area contributed by atoms with Gasteiger partial charge in [-0.05, 0) is 47.9 Å². The molecule has 0 saturated carbocycles. The van der Waals surface area contributed by atoms with E-state index in [2.05, 4.69) is 0 Å². The number of hydrogen-bond acceptors (Lipinski definition) is 6. The summed E-state index contributed by atoms with van der Waals surface area (Å²) in [5, 5.41) is 11.3. The van der Waals surface area contributed by atoms with Crippen LogP contribution in [-0.2, 0) is 4.74 Å². The minimum Gasteiger partial charge on any atom is -0.455 e. The van der Waals surface area contributed by atoms with Crippen LogP contribution in [0.5, 0.6) is 11.5 Å². The zero-order valence-corrected chi connectivity index (χ0v) is 17.0. The van der Waals surface area contributed by atoms with E-state index in [0.29, 0.717) is 46.2 Å². The number of rotatable bonds is 2. The van der Waals surface area contributed by atoms with Crippen molar-refractivity contribution < 1.29 is 28.9 Å². The van der Waals surface area contributed by atoms with Crippen molar-refractivity contribution in [2.75, 3.05) is 13.3 Å². The summed E-state index contributed by atoms with van der Waals surface area (Å²) in [6.07, 6.45) is 0.543. The van der Waals surface area contributed by atoms with Crippen molar-refractivity contribution in [3.63, 3.8) is 0 Å². The molecule has 6 rings (SSSR count). The summed E-state index contributed by atoms with van der Waals surface area (Å²) in [5.74, 6) is -0.0166. The van der Waals surface area contributed by atoms with E-state index in [1.807, 2.05) is 0 Å². The first kappa shape index (κ1) is 18.7. The van der Waals surface area contributed by atoms with Gasteiger partial charge < -0.3 is 24.2 Å². The smallest absolute Gasteiger partial charge is 0.338 e. The summed E-state index contributed by atoms with van der Waals surface area (Å²) in [6, 6.07) is 9.69. The number of carbonyl (C=O) groups excluding carboxylic acids is 2. The molecule has 7 nitrogen and oxygen atoms in total. The van der Waals surface area contributed by atoms with Crippen LogP contribution in [0.2, 0.25) is 5.02 Å². The van der Waals surface area contributed by atoms with Gasteiger partial charge in [0.15, 0.2) is 11.5 Å². The molecule has 1 N–H and O–H groups in total. The highest BCUT2D eigenvalue weighted by Gasteiger charge is 2.53. The van der Waals surface area contributed by atoms with Crippen LogP contribution in [-0.4, -0.2) is 53.5 Å². The molecule has 0 radical (unpaired) electrons. The van der Waals surface area contributed by atoms with E-state index in [4.69, 9.17) is 25.8 Å². The first-order valence-corrected chi connectivity index (χ1v) is 10.5. The number of aliphatic hydroxyl groups is 1. The van der Waals surface area contributed by atoms with E-state index < -0.39 is 24.1 Å². The number of esters is 1. The summed E-state index contributed by atoms with van der Waals surface area (Å²) < 4.78 is 16.8. The van der Waals surface area contributed by atoms with Crippen LogP contribution in [0.25, 0.3) is 0 Å². The minimum absolute atomic E-state index is 0.0885. The molecule has 0 aromatic heterocycles. The zero-order chi connectivity index (χ0) is 21.3. The number of carbonyl (C=O) groups is 2. The van der Waals surface area contributed by atoms with Crippen molar-refractivity contribution in [3.05, 3.63) is 69.8 Å². The van der Waals surface area contributed by atoms with Gasteiger partial charge in [-0.2, -0.15) is 0 Å². The number of benzene rings is 2. The van der Waals surface area contributed by atoms with Gasteiger partial charge in [0.25, 0.3) is 5.91 Å². The summed E-state index contributed by atoms with van der Waals surface area (Å²) in [4.78, 5) is 27.9. The highest BCUT2D eigenvalue weighted by atomic mass is 35.5. The number of hydrogen-bond donors (Lipinski definition) is 1. The summed E-state index contributed by atoms with van der Waals surface area (Å²) in [5.41, 5.74) is 2.48. The highest BCUT2D eigenvalue weighted by molar-refractivity contribution is 6.30. The molecule has 0 bridgehead atoms. The van der Waals surface area contributed by atoms with Crippen molar-refractivity contribution in [3.8, 4) is 11.5 Å². The Hall–Kier alpha value is -3.03. The SMILES string of the molecule is O=C(O[C@H]1[C@H]2c3cc4c(cc3C(=O)N3CCC(=C[C@H]1O)[C@H]23)OCO4)c1cccc(Cl)c1. The summed E-state index contributed by atoms with van der Waals surface area (Å²) >= 11 is 6.02. The third-order valence-electron chi connectivity index (χ3n) is 6.47. The lowest BCUT2D eigenvalue weighted by atomic mass is 9.73. The van der Waals surface area contributed by atoms with Crippen LogP contribution in [0.1, 0.15) is 38.6 Å². The largest absolute Gasteiger partial charge is 0.455 e. The number of halogens is 1. The normalized spacial score (nSPS) is 27.5. The zero-order valence-electron chi connectivity index (χ0n) is 16.3. The predicted octanol–water partition coefficient (Wildman–Crippen LogP) is 2.91. The fourth-order valence-corrected chi connectivity index (χ4v) is 5.34. The van der Waals surface area contributed by atoms with Crippen LogP contribution in [0.15, 0.2) is 48.0 Å². The van der Waals surface area contributed by atoms with Crippen LogP contribution in [0.4, 0.5) is 0 Å². The van der Waals surface area contributed by atoms with Crippen molar-refractivity contribution in [2.24, 2.45) is 0 Å². The van der Waals surface area contributed by atoms with Crippen LogP contribution in [0, 0.1) is 0 Å². The highest BCUT2D eigenvalue weighted by Crippen LogP contribution is 2.50. The van der Waals surface area contributed by atoms with Crippen molar-refractivity contribution >= 4 is 23.5 Å². The average Bonchev–Trinajstić information content (AvgIpc) is 3.39. The topological polar surface area (TPSA) is 85.3 Å². The maximum absolute atomic E-state index is 13.2. The van der Waals surface area contributed by atoms with Gasteiger partial charge in [-0.15, -0.1) is 0 Å². The Morgan fingerprint density at radius 2 is 2.00 bits per heavy atom. The molecule has 158 valence electrons. The molecule has 1 saturated heterocycles. The molecule has 2 aromatic rings. The number of ether oxygens (including phenoxy) is 3. The molecule has 3 heterocycles. The van der Waals surface area contributed by atoms with Gasteiger partial charge in [-0.25, -0.2) is 4.79 Å². The lowest BCUT2D eigenvalue weighted by molar-refractivity contribution is -0.0289. The Morgan fingerprint density at radius 3 is 2.81 bits per heavy atom. The summed E-state index contributed by atoms with van der Waals surface area (Å²) in [6.45, 7) is 0.645. The van der Waals surface area contributed by atoms with E-state index >= 15 is 0 Å². The standard InChI is InChI=1S/C23H18ClNO6/c24-13-3-1-2-12(6-13)23(28)31-21-16(26)7-11-4-5-25-20(11)19(21)14-8-17-18(30-10-29-17)9-15(14)22(25)27/h1-3,6-9,16,19-21,26H,4-5,10H2/t16-,19+,20-,21-/m1/s1. The summed E-state index contributed by atoms with van der Waals surface area (Å²) in [7, 11) is 0. The number of amides is 1. The molecular weight excluding hydrogens is 422 g/mol. The van der Waals surface area contributed by atoms with Gasteiger partial charge in [0.1, 0.15) is 12.2 Å². The van der Waals surface area contributed by atoms with Gasteiger partial charge in [0.2, 0.25) is 6.79 Å². The lowest BCUT2D eigenvalue weighted by Gasteiger charge is -2.45. The second-order valence-corrected chi connectivity index (χ2v) is 8.56. The Balaban J connectivity index is 1.45. The molecule has 1 aliphatic carbocycles.